The first-order chi connectivity index (χ1) is 16.6. The second-order valence-corrected chi connectivity index (χ2v) is 10.9. The van der Waals surface area contributed by atoms with Gasteiger partial charge >= 0.3 is 0 Å². The van der Waals surface area contributed by atoms with Crippen molar-refractivity contribution in [2.24, 2.45) is 0 Å². The number of carbonyl (C=O) groups excluding carboxylic acids is 1. The highest BCUT2D eigenvalue weighted by Crippen LogP contribution is 2.29. The van der Waals surface area contributed by atoms with E-state index in [9.17, 15) is 17.6 Å². The van der Waals surface area contributed by atoms with E-state index in [1.165, 1.54) is 16.4 Å². The Labute approximate surface area is 205 Å². The van der Waals surface area contributed by atoms with E-state index in [1.807, 2.05) is 33.8 Å². The Morgan fingerprint density at radius 1 is 1.00 bits per heavy atom. The third-order valence-corrected chi connectivity index (χ3v) is 8.89. The summed E-state index contributed by atoms with van der Waals surface area (Å²) in [7, 11) is -3.65. The van der Waals surface area contributed by atoms with Crippen LogP contribution >= 0.6 is 0 Å². The highest BCUT2D eigenvalue weighted by atomic mass is 32.2. The Morgan fingerprint density at radius 2 is 1.60 bits per heavy atom. The lowest BCUT2D eigenvalue weighted by Crippen LogP contribution is -2.50. The first-order valence-corrected chi connectivity index (χ1v) is 13.1. The zero-order chi connectivity index (χ0) is 25.3. The van der Waals surface area contributed by atoms with Crippen LogP contribution in [0.3, 0.4) is 0 Å². The van der Waals surface area contributed by atoms with Crippen molar-refractivity contribution in [2.75, 3.05) is 26.2 Å². The summed E-state index contributed by atoms with van der Waals surface area (Å²) in [5, 5.41) is 0. The van der Waals surface area contributed by atoms with Gasteiger partial charge in [-0.2, -0.15) is 4.31 Å². The molecule has 1 fully saturated rings. The van der Waals surface area contributed by atoms with Crippen LogP contribution in [-0.2, 0) is 21.2 Å². The van der Waals surface area contributed by atoms with Crippen LogP contribution in [0, 0.1) is 33.5 Å². The Bertz CT molecular complexity index is 1320. The quantitative estimate of drug-likeness (QED) is 0.508. The Hall–Kier alpha value is -3.04. The number of amides is 1. The lowest BCUT2D eigenvalue weighted by molar-refractivity contribution is -0.132. The number of piperazine rings is 1. The Balaban J connectivity index is 1.35. The molecule has 0 bridgehead atoms. The number of carbonyl (C=O) groups is 1. The van der Waals surface area contributed by atoms with Crippen LogP contribution in [0.1, 0.15) is 34.6 Å². The maximum absolute atomic E-state index is 13.4. The van der Waals surface area contributed by atoms with E-state index < -0.39 is 10.0 Å². The standard InChI is InChI=1S/C26H30FN3O4S/c1-17-15-18(2)20(4)26(19(17)3)35(32,33)30-13-11-29(12-14-30)25(31)10-9-24-28-16-23(34-24)21-5-7-22(27)8-6-21/h5-8,15-16H,9-14H2,1-4H3. The maximum atomic E-state index is 13.4. The maximum Gasteiger partial charge on any atom is 0.243 e. The molecule has 0 radical (unpaired) electrons. The van der Waals surface area contributed by atoms with Crippen LogP contribution < -0.4 is 0 Å². The predicted octanol–water partition coefficient (Wildman–Crippen LogP) is 4.18. The molecule has 0 N–H and O–H groups in total. The first-order valence-electron chi connectivity index (χ1n) is 11.6. The Morgan fingerprint density at radius 3 is 2.20 bits per heavy atom. The van der Waals surface area contributed by atoms with Crippen LogP contribution in [0.4, 0.5) is 4.39 Å². The van der Waals surface area contributed by atoms with Gasteiger partial charge in [0.1, 0.15) is 5.82 Å². The molecule has 0 atom stereocenters. The smallest absolute Gasteiger partial charge is 0.243 e. The summed E-state index contributed by atoms with van der Waals surface area (Å²) in [6.07, 6.45) is 2.11. The van der Waals surface area contributed by atoms with Gasteiger partial charge in [-0.3, -0.25) is 4.79 Å². The van der Waals surface area contributed by atoms with Crippen molar-refractivity contribution < 1.29 is 22.0 Å². The average molecular weight is 500 g/mol. The topological polar surface area (TPSA) is 83.7 Å². The second-order valence-electron chi connectivity index (χ2n) is 9.00. The fourth-order valence-corrected chi connectivity index (χ4v) is 6.42. The summed E-state index contributed by atoms with van der Waals surface area (Å²) < 4.78 is 47.2. The molecule has 7 nitrogen and oxygen atoms in total. The fourth-order valence-electron chi connectivity index (χ4n) is 4.42. The summed E-state index contributed by atoms with van der Waals surface area (Å²) in [6.45, 7) is 8.74. The first kappa shape index (κ1) is 25.1. The minimum absolute atomic E-state index is 0.0673. The molecule has 0 saturated carbocycles. The van der Waals surface area contributed by atoms with Gasteiger partial charge in [0.25, 0.3) is 0 Å². The lowest BCUT2D eigenvalue weighted by atomic mass is 10.0. The molecule has 2 aromatic carbocycles. The third kappa shape index (κ3) is 5.16. The molecule has 4 rings (SSSR count). The van der Waals surface area contributed by atoms with Gasteiger partial charge < -0.3 is 9.32 Å². The van der Waals surface area contributed by atoms with Gasteiger partial charge in [0.2, 0.25) is 15.9 Å². The molecule has 2 heterocycles. The minimum Gasteiger partial charge on any atom is -0.441 e. The molecular formula is C26H30FN3O4S. The van der Waals surface area contributed by atoms with E-state index in [0.29, 0.717) is 41.6 Å². The lowest BCUT2D eigenvalue weighted by Gasteiger charge is -2.34. The molecule has 0 spiro atoms. The van der Waals surface area contributed by atoms with Crippen molar-refractivity contribution in [1.82, 2.24) is 14.2 Å². The molecule has 186 valence electrons. The zero-order valence-electron chi connectivity index (χ0n) is 20.5. The van der Waals surface area contributed by atoms with E-state index in [2.05, 4.69) is 4.98 Å². The monoisotopic (exact) mass is 499 g/mol. The van der Waals surface area contributed by atoms with Crippen LogP contribution in [0.2, 0.25) is 0 Å². The van der Waals surface area contributed by atoms with Crippen molar-refractivity contribution in [1.29, 1.82) is 0 Å². The van der Waals surface area contributed by atoms with Crippen LogP contribution in [0.5, 0.6) is 0 Å². The molecule has 1 aliphatic heterocycles. The number of oxazole rings is 1. The number of hydrogen-bond donors (Lipinski definition) is 0. The van der Waals surface area contributed by atoms with Crippen molar-refractivity contribution in [3.8, 4) is 11.3 Å². The average Bonchev–Trinajstić information content (AvgIpc) is 3.31. The summed E-state index contributed by atoms with van der Waals surface area (Å²) >= 11 is 0. The molecule has 1 amide bonds. The Kier molecular flexibility index (Phi) is 7.10. The molecule has 0 unspecified atom stereocenters. The number of nitrogens with zero attached hydrogens (tertiary/aromatic N) is 3. The largest absolute Gasteiger partial charge is 0.441 e. The number of hydrogen-bond acceptors (Lipinski definition) is 5. The number of benzene rings is 2. The molecule has 1 aliphatic rings. The van der Waals surface area contributed by atoms with E-state index in [0.717, 1.165) is 22.3 Å². The summed E-state index contributed by atoms with van der Waals surface area (Å²) in [5.74, 6) is 0.552. The molecule has 3 aromatic rings. The van der Waals surface area contributed by atoms with Gasteiger partial charge in [-0.05, 0) is 74.2 Å². The molecule has 1 aromatic heterocycles. The molecule has 0 aliphatic carbocycles. The van der Waals surface area contributed by atoms with Gasteiger partial charge in [-0.15, -0.1) is 0 Å². The van der Waals surface area contributed by atoms with Crippen LogP contribution in [-0.4, -0.2) is 54.7 Å². The molecule has 35 heavy (non-hydrogen) atoms. The van der Waals surface area contributed by atoms with Gasteiger partial charge in [0.05, 0.1) is 11.1 Å². The van der Waals surface area contributed by atoms with Gasteiger partial charge in [0, 0.05) is 44.6 Å². The van der Waals surface area contributed by atoms with Gasteiger partial charge in [-0.25, -0.2) is 17.8 Å². The van der Waals surface area contributed by atoms with E-state index in [1.54, 1.807) is 23.2 Å². The van der Waals surface area contributed by atoms with Crippen molar-refractivity contribution in [3.63, 3.8) is 0 Å². The van der Waals surface area contributed by atoms with Crippen molar-refractivity contribution >= 4 is 15.9 Å². The normalized spacial score (nSPS) is 14.9. The molecule has 1 saturated heterocycles. The summed E-state index contributed by atoms with van der Waals surface area (Å²) in [4.78, 5) is 19.1. The fraction of sp³-hybridized carbons (Fsp3) is 0.385. The van der Waals surface area contributed by atoms with Crippen LogP contribution in [0.15, 0.2) is 45.8 Å². The van der Waals surface area contributed by atoms with Gasteiger partial charge in [0.15, 0.2) is 11.7 Å². The highest BCUT2D eigenvalue weighted by Gasteiger charge is 2.32. The van der Waals surface area contributed by atoms with E-state index in [4.69, 9.17) is 4.42 Å². The SMILES string of the molecule is Cc1cc(C)c(C)c(S(=O)(=O)N2CCN(C(=O)CCc3ncc(-c4ccc(F)cc4)o3)CC2)c1C. The number of halogens is 1. The summed E-state index contributed by atoms with van der Waals surface area (Å²) in [6, 6.07) is 7.93. The van der Waals surface area contributed by atoms with Crippen LogP contribution in [0.25, 0.3) is 11.3 Å². The van der Waals surface area contributed by atoms with Crippen molar-refractivity contribution in [3.05, 3.63) is 70.5 Å². The highest BCUT2D eigenvalue weighted by molar-refractivity contribution is 7.89. The minimum atomic E-state index is -3.65. The molecular weight excluding hydrogens is 469 g/mol. The van der Waals surface area contributed by atoms with Gasteiger partial charge in [-0.1, -0.05) is 6.07 Å². The van der Waals surface area contributed by atoms with E-state index >= 15 is 0 Å². The summed E-state index contributed by atoms with van der Waals surface area (Å²) in [5.41, 5.74) is 4.17. The number of rotatable bonds is 6. The molecule has 9 heteroatoms. The number of sulfonamides is 1. The number of aromatic nitrogens is 1. The predicted molar refractivity (Wildman–Crippen MR) is 131 cm³/mol. The second kappa shape index (κ2) is 9.91. The van der Waals surface area contributed by atoms with Crippen molar-refractivity contribution in [2.45, 2.75) is 45.4 Å². The third-order valence-electron chi connectivity index (χ3n) is 6.72. The number of aryl methyl sites for hydroxylation is 3. The van der Waals surface area contributed by atoms with E-state index in [-0.39, 0.29) is 31.2 Å². The zero-order valence-corrected chi connectivity index (χ0v) is 21.3.